The van der Waals surface area contributed by atoms with Gasteiger partial charge in [0.2, 0.25) is 5.95 Å². The lowest BCUT2D eigenvalue weighted by Gasteiger charge is -2.05. The molecule has 0 radical (unpaired) electrons. The second-order valence-corrected chi connectivity index (χ2v) is 2.86. The molecule has 0 fully saturated rings. The molecule has 14 heavy (non-hydrogen) atoms. The van der Waals surface area contributed by atoms with Crippen LogP contribution in [0.25, 0.3) is 0 Å². The fraction of sp³-hybridized carbons (Fsp3) is 0.400. The first-order chi connectivity index (χ1) is 6.86. The monoisotopic (exact) mass is 192 g/mol. The van der Waals surface area contributed by atoms with Crippen LogP contribution < -0.4 is 10.6 Å². The van der Waals surface area contributed by atoms with E-state index < -0.39 is 0 Å². The Kier molecular flexibility index (Phi) is 4.47. The zero-order valence-corrected chi connectivity index (χ0v) is 8.45. The number of anilines is 2. The van der Waals surface area contributed by atoms with Crippen LogP contribution in [-0.4, -0.2) is 23.1 Å². The van der Waals surface area contributed by atoms with Gasteiger partial charge in [-0.1, -0.05) is 13.0 Å². The summed E-state index contributed by atoms with van der Waals surface area (Å²) in [6, 6.07) is 1.83. The molecule has 4 heteroatoms. The van der Waals surface area contributed by atoms with E-state index in [9.17, 15) is 0 Å². The van der Waals surface area contributed by atoms with Gasteiger partial charge >= 0.3 is 0 Å². The van der Waals surface area contributed by atoms with Gasteiger partial charge in [0.25, 0.3) is 0 Å². The summed E-state index contributed by atoms with van der Waals surface area (Å²) >= 11 is 0. The van der Waals surface area contributed by atoms with Gasteiger partial charge in [0.15, 0.2) is 0 Å². The average molecular weight is 192 g/mol. The zero-order chi connectivity index (χ0) is 10.2. The van der Waals surface area contributed by atoms with Gasteiger partial charge in [-0.25, -0.2) is 4.98 Å². The molecule has 0 atom stereocenters. The number of hydrogen-bond acceptors (Lipinski definition) is 4. The van der Waals surface area contributed by atoms with Crippen molar-refractivity contribution in [1.29, 1.82) is 0 Å². The predicted octanol–water partition coefficient (Wildman–Crippen LogP) is 1.90. The largest absolute Gasteiger partial charge is 0.366 e. The smallest absolute Gasteiger partial charge is 0.224 e. The summed E-state index contributed by atoms with van der Waals surface area (Å²) in [5.41, 5.74) is 0. The Morgan fingerprint density at radius 3 is 3.07 bits per heavy atom. The first-order valence-corrected chi connectivity index (χ1v) is 4.78. The molecular weight excluding hydrogens is 176 g/mol. The molecule has 2 N–H and O–H groups in total. The maximum Gasteiger partial charge on any atom is 0.224 e. The van der Waals surface area contributed by atoms with Crippen molar-refractivity contribution in [2.45, 2.75) is 13.3 Å². The van der Waals surface area contributed by atoms with Crippen molar-refractivity contribution in [3.63, 3.8) is 0 Å². The van der Waals surface area contributed by atoms with Crippen molar-refractivity contribution < 1.29 is 0 Å². The van der Waals surface area contributed by atoms with Crippen LogP contribution in [0.5, 0.6) is 0 Å². The van der Waals surface area contributed by atoms with Crippen molar-refractivity contribution in [3.8, 4) is 0 Å². The molecule has 1 heterocycles. The molecule has 0 aliphatic carbocycles. The molecule has 0 unspecified atom stereocenters. The van der Waals surface area contributed by atoms with Gasteiger partial charge in [0.1, 0.15) is 5.82 Å². The number of rotatable bonds is 6. The molecule has 0 aliphatic heterocycles. The molecule has 0 spiro atoms. The number of nitrogens with one attached hydrogen (secondary N) is 2. The Balaban J connectivity index is 2.54. The van der Waals surface area contributed by atoms with Gasteiger partial charge in [-0.15, -0.1) is 6.58 Å². The molecule has 4 nitrogen and oxygen atoms in total. The maximum atomic E-state index is 4.27. The molecule has 1 aromatic rings. The van der Waals surface area contributed by atoms with Crippen LogP contribution in [0.1, 0.15) is 13.3 Å². The molecule has 0 saturated heterocycles. The normalized spacial score (nSPS) is 9.50. The van der Waals surface area contributed by atoms with E-state index in [1.165, 1.54) is 0 Å². The third kappa shape index (κ3) is 3.43. The van der Waals surface area contributed by atoms with Crippen LogP contribution in [0, 0.1) is 0 Å². The fourth-order valence-corrected chi connectivity index (χ4v) is 0.956. The Morgan fingerprint density at radius 2 is 2.36 bits per heavy atom. The Morgan fingerprint density at radius 1 is 1.50 bits per heavy atom. The molecule has 0 aromatic carbocycles. The molecule has 0 aliphatic rings. The molecule has 0 amide bonds. The highest BCUT2D eigenvalue weighted by atomic mass is 15.1. The maximum absolute atomic E-state index is 4.27. The summed E-state index contributed by atoms with van der Waals surface area (Å²) in [6.45, 7) is 7.34. The van der Waals surface area contributed by atoms with E-state index >= 15 is 0 Å². The minimum atomic E-state index is 0.668. The summed E-state index contributed by atoms with van der Waals surface area (Å²) in [6.07, 6.45) is 4.59. The number of aromatic nitrogens is 2. The molecule has 0 saturated carbocycles. The molecule has 0 bridgehead atoms. The second-order valence-electron chi connectivity index (χ2n) is 2.86. The highest BCUT2D eigenvalue weighted by Crippen LogP contribution is 2.04. The Bertz CT molecular complexity index is 285. The van der Waals surface area contributed by atoms with E-state index in [4.69, 9.17) is 0 Å². The first kappa shape index (κ1) is 10.5. The quantitative estimate of drug-likeness (QED) is 0.676. The van der Waals surface area contributed by atoms with E-state index in [0.29, 0.717) is 12.5 Å². The van der Waals surface area contributed by atoms with Gasteiger partial charge in [0, 0.05) is 19.3 Å². The molecule has 1 aromatic heterocycles. The number of nitrogens with zero attached hydrogens (tertiary/aromatic N) is 2. The summed E-state index contributed by atoms with van der Waals surface area (Å²) in [5.74, 6) is 1.49. The third-order valence-electron chi connectivity index (χ3n) is 1.62. The van der Waals surface area contributed by atoms with E-state index in [1.54, 1.807) is 12.3 Å². The first-order valence-electron chi connectivity index (χ1n) is 4.78. The standard InChI is InChI=1S/C10H16N4/c1-3-6-11-9-5-8-13-10(14-9)12-7-4-2/h3,5,8H,1,4,6-7H2,2H3,(H2,11,12,13,14). The van der Waals surface area contributed by atoms with Crippen LogP contribution in [0.15, 0.2) is 24.9 Å². The predicted molar refractivity (Wildman–Crippen MR) is 59.5 cm³/mol. The molecule has 76 valence electrons. The Labute approximate surface area is 84.5 Å². The van der Waals surface area contributed by atoms with Gasteiger partial charge in [-0.3, -0.25) is 0 Å². The van der Waals surface area contributed by atoms with E-state index in [0.717, 1.165) is 18.8 Å². The van der Waals surface area contributed by atoms with Crippen molar-refractivity contribution >= 4 is 11.8 Å². The van der Waals surface area contributed by atoms with Crippen molar-refractivity contribution in [3.05, 3.63) is 24.9 Å². The highest BCUT2D eigenvalue weighted by Gasteiger charge is 1.95. The number of hydrogen-bond donors (Lipinski definition) is 2. The van der Waals surface area contributed by atoms with Gasteiger partial charge < -0.3 is 10.6 Å². The summed E-state index contributed by atoms with van der Waals surface area (Å²) < 4.78 is 0. The minimum Gasteiger partial charge on any atom is -0.366 e. The van der Waals surface area contributed by atoms with Crippen LogP contribution in [0.2, 0.25) is 0 Å². The van der Waals surface area contributed by atoms with Crippen molar-refractivity contribution in [2.75, 3.05) is 23.7 Å². The lowest BCUT2D eigenvalue weighted by atomic mass is 10.5. The summed E-state index contributed by atoms with van der Waals surface area (Å²) in [4.78, 5) is 8.36. The van der Waals surface area contributed by atoms with Crippen LogP contribution >= 0.6 is 0 Å². The van der Waals surface area contributed by atoms with E-state index in [1.807, 2.05) is 6.07 Å². The highest BCUT2D eigenvalue weighted by molar-refractivity contribution is 5.39. The van der Waals surface area contributed by atoms with E-state index in [-0.39, 0.29) is 0 Å². The topological polar surface area (TPSA) is 49.8 Å². The van der Waals surface area contributed by atoms with Gasteiger partial charge in [0.05, 0.1) is 0 Å². The Hall–Kier alpha value is -1.58. The molecular formula is C10H16N4. The molecule has 1 rings (SSSR count). The average Bonchev–Trinajstić information content (AvgIpc) is 2.24. The lowest BCUT2D eigenvalue weighted by molar-refractivity contribution is 0.952. The van der Waals surface area contributed by atoms with E-state index in [2.05, 4.69) is 34.1 Å². The van der Waals surface area contributed by atoms with Gasteiger partial charge in [-0.05, 0) is 12.5 Å². The van der Waals surface area contributed by atoms with Gasteiger partial charge in [-0.2, -0.15) is 4.98 Å². The minimum absolute atomic E-state index is 0.668. The summed E-state index contributed by atoms with van der Waals surface area (Å²) in [5, 5.41) is 6.23. The zero-order valence-electron chi connectivity index (χ0n) is 8.45. The SMILES string of the molecule is C=CCNc1ccnc(NCCC)n1. The lowest BCUT2D eigenvalue weighted by Crippen LogP contribution is -2.06. The van der Waals surface area contributed by atoms with Crippen LogP contribution in [0.4, 0.5) is 11.8 Å². The van der Waals surface area contributed by atoms with Crippen molar-refractivity contribution in [2.24, 2.45) is 0 Å². The van der Waals surface area contributed by atoms with Crippen LogP contribution in [0.3, 0.4) is 0 Å². The van der Waals surface area contributed by atoms with Crippen LogP contribution in [-0.2, 0) is 0 Å². The summed E-state index contributed by atoms with van der Waals surface area (Å²) in [7, 11) is 0. The second kappa shape index (κ2) is 5.96. The van der Waals surface area contributed by atoms with Crippen molar-refractivity contribution in [1.82, 2.24) is 9.97 Å². The third-order valence-corrected chi connectivity index (χ3v) is 1.62. The fourth-order valence-electron chi connectivity index (χ4n) is 0.956.